The Morgan fingerprint density at radius 1 is 1.24 bits per heavy atom. The summed E-state index contributed by atoms with van der Waals surface area (Å²) in [5.41, 5.74) is -0.613. The van der Waals surface area contributed by atoms with E-state index in [0.29, 0.717) is 12.5 Å². The molecule has 1 aliphatic carbocycles. The number of hydrogen-bond acceptors (Lipinski definition) is 4. The van der Waals surface area contributed by atoms with Crippen LogP contribution in [-0.4, -0.2) is 67.2 Å². The van der Waals surface area contributed by atoms with E-state index in [1.54, 1.807) is 0 Å². The van der Waals surface area contributed by atoms with Crippen LogP contribution in [0.25, 0.3) is 0 Å². The molecule has 162 valence electrons. The molecule has 0 aromatic rings. The summed E-state index contributed by atoms with van der Waals surface area (Å²) in [5.74, 6) is 0.00247. The number of urea groups is 1. The van der Waals surface area contributed by atoms with Crippen LogP contribution in [0.5, 0.6) is 0 Å². The van der Waals surface area contributed by atoms with Crippen molar-refractivity contribution < 1.29 is 14.3 Å². The maximum absolute atomic E-state index is 13.4. The number of unbranched alkanes of at least 4 members (excludes halogenated alkanes) is 2. The number of methoxy groups -OCH3 is 1. The van der Waals surface area contributed by atoms with Crippen molar-refractivity contribution in [3.8, 4) is 0 Å². The number of ether oxygens (including phenoxy) is 1. The van der Waals surface area contributed by atoms with Gasteiger partial charge in [0, 0.05) is 19.6 Å². The van der Waals surface area contributed by atoms with Crippen molar-refractivity contribution >= 4 is 12.0 Å². The average Bonchev–Trinajstić information content (AvgIpc) is 3.13. The van der Waals surface area contributed by atoms with Gasteiger partial charge >= 0.3 is 12.0 Å². The number of esters is 1. The monoisotopic (exact) mass is 403 g/mol. The molecule has 6 nitrogen and oxygen atoms in total. The van der Waals surface area contributed by atoms with Gasteiger partial charge in [-0.1, -0.05) is 50.5 Å². The molecule has 1 N–H and O–H groups in total. The Bertz CT molecular complexity index is 627. The largest absolute Gasteiger partial charge is 0.468 e. The van der Waals surface area contributed by atoms with E-state index in [0.717, 1.165) is 58.3 Å². The SMILES string of the molecule is CCCCCC1(N2CCN(CCC3CCNCC3)C2=O)C=CC=CC1C(=O)OC. The first kappa shape index (κ1) is 21.9. The molecular formula is C23H37N3O3. The Balaban J connectivity index is 1.73. The third-order valence-electron chi connectivity index (χ3n) is 6.84. The fourth-order valence-corrected chi connectivity index (χ4v) is 5.05. The van der Waals surface area contributed by atoms with Gasteiger partial charge in [0.1, 0.15) is 5.92 Å². The second-order valence-electron chi connectivity index (χ2n) is 8.60. The molecule has 2 saturated heterocycles. The zero-order valence-electron chi connectivity index (χ0n) is 18.1. The van der Waals surface area contributed by atoms with Gasteiger partial charge in [0.2, 0.25) is 0 Å². The molecule has 0 radical (unpaired) electrons. The maximum atomic E-state index is 13.4. The molecule has 3 aliphatic rings. The average molecular weight is 404 g/mol. The zero-order valence-corrected chi connectivity index (χ0v) is 18.1. The van der Waals surface area contributed by atoms with Crippen molar-refractivity contribution in [1.82, 2.24) is 15.1 Å². The second kappa shape index (κ2) is 10.3. The molecule has 2 unspecified atom stereocenters. The fourth-order valence-electron chi connectivity index (χ4n) is 5.05. The van der Waals surface area contributed by atoms with Crippen LogP contribution < -0.4 is 5.32 Å². The number of allylic oxidation sites excluding steroid dienone is 2. The molecule has 2 atom stereocenters. The van der Waals surface area contributed by atoms with Crippen LogP contribution in [0.1, 0.15) is 51.9 Å². The van der Waals surface area contributed by atoms with Crippen molar-refractivity contribution in [1.29, 1.82) is 0 Å². The number of nitrogens with zero attached hydrogens (tertiary/aromatic N) is 2. The summed E-state index contributed by atoms with van der Waals surface area (Å²) < 4.78 is 5.12. The molecule has 2 amide bonds. The summed E-state index contributed by atoms with van der Waals surface area (Å²) in [5, 5.41) is 3.41. The number of amides is 2. The van der Waals surface area contributed by atoms with E-state index in [-0.39, 0.29) is 12.0 Å². The Labute approximate surface area is 175 Å². The van der Waals surface area contributed by atoms with E-state index in [4.69, 9.17) is 4.74 Å². The zero-order chi connectivity index (χ0) is 20.7. The summed E-state index contributed by atoms with van der Waals surface area (Å²) in [6.45, 7) is 6.57. The van der Waals surface area contributed by atoms with Crippen LogP contribution >= 0.6 is 0 Å². The normalized spacial score (nSPS) is 27.7. The van der Waals surface area contributed by atoms with Gasteiger partial charge in [-0.25, -0.2) is 4.79 Å². The molecule has 0 aromatic heterocycles. The lowest BCUT2D eigenvalue weighted by Gasteiger charge is -2.44. The minimum absolute atomic E-state index is 0.0734. The molecule has 29 heavy (non-hydrogen) atoms. The highest BCUT2D eigenvalue weighted by atomic mass is 16.5. The summed E-state index contributed by atoms with van der Waals surface area (Å²) in [7, 11) is 1.43. The van der Waals surface area contributed by atoms with Crippen molar-refractivity contribution in [3.63, 3.8) is 0 Å². The Hall–Kier alpha value is -1.82. The predicted molar refractivity (Wildman–Crippen MR) is 115 cm³/mol. The minimum Gasteiger partial charge on any atom is -0.468 e. The van der Waals surface area contributed by atoms with E-state index in [9.17, 15) is 9.59 Å². The predicted octanol–water partition coefficient (Wildman–Crippen LogP) is 3.35. The minimum atomic E-state index is -0.613. The number of carbonyl (C=O) groups is 2. The quantitative estimate of drug-likeness (QED) is 0.474. The van der Waals surface area contributed by atoms with Crippen LogP contribution in [-0.2, 0) is 9.53 Å². The Morgan fingerprint density at radius 2 is 2.03 bits per heavy atom. The summed E-state index contributed by atoms with van der Waals surface area (Å²) in [4.78, 5) is 30.0. The second-order valence-corrected chi connectivity index (χ2v) is 8.60. The molecule has 0 bridgehead atoms. The summed E-state index contributed by atoms with van der Waals surface area (Å²) >= 11 is 0. The van der Waals surface area contributed by atoms with Gasteiger partial charge < -0.3 is 19.9 Å². The fraction of sp³-hybridized carbons (Fsp3) is 0.739. The first-order valence-corrected chi connectivity index (χ1v) is 11.3. The van der Waals surface area contributed by atoms with Crippen LogP contribution in [0.4, 0.5) is 4.79 Å². The van der Waals surface area contributed by atoms with Crippen LogP contribution in [0.2, 0.25) is 0 Å². The van der Waals surface area contributed by atoms with Gasteiger partial charge in [-0.15, -0.1) is 0 Å². The Kier molecular flexibility index (Phi) is 7.76. The van der Waals surface area contributed by atoms with Gasteiger partial charge in [0.05, 0.1) is 12.6 Å². The number of piperidine rings is 1. The van der Waals surface area contributed by atoms with Gasteiger partial charge in [-0.05, 0) is 44.7 Å². The van der Waals surface area contributed by atoms with Gasteiger partial charge in [-0.2, -0.15) is 0 Å². The molecule has 2 aliphatic heterocycles. The van der Waals surface area contributed by atoms with E-state index < -0.39 is 11.5 Å². The number of rotatable bonds is 9. The van der Waals surface area contributed by atoms with Crippen LogP contribution in [0.15, 0.2) is 24.3 Å². The molecule has 0 saturated carbocycles. The van der Waals surface area contributed by atoms with Crippen LogP contribution in [0, 0.1) is 11.8 Å². The first-order chi connectivity index (χ1) is 14.1. The van der Waals surface area contributed by atoms with E-state index in [1.807, 2.05) is 28.0 Å². The van der Waals surface area contributed by atoms with E-state index in [2.05, 4.69) is 18.3 Å². The third-order valence-corrected chi connectivity index (χ3v) is 6.84. The van der Waals surface area contributed by atoms with Crippen molar-refractivity contribution in [2.75, 3.05) is 39.8 Å². The summed E-state index contributed by atoms with van der Waals surface area (Å²) in [6.07, 6.45) is 15.3. The Morgan fingerprint density at radius 3 is 2.76 bits per heavy atom. The molecule has 6 heteroatoms. The lowest BCUT2D eigenvalue weighted by Crippen LogP contribution is -2.56. The van der Waals surface area contributed by atoms with Gasteiger partial charge in [0.15, 0.2) is 0 Å². The molecule has 2 heterocycles. The van der Waals surface area contributed by atoms with E-state index in [1.165, 1.54) is 20.0 Å². The summed E-state index contributed by atoms with van der Waals surface area (Å²) in [6, 6.07) is 0.0734. The maximum Gasteiger partial charge on any atom is 0.320 e. The lowest BCUT2D eigenvalue weighted by atomic mass is 9.75. The van der Waals surface area contributed by atoms with Crippen molar-refractivity contribution in [2.24, 2.45) is 11.8 Å². The van der Waals surface area contributed by atoms with Gasteiger partial charge in [-0.3, -0.25) is 4.79 Å². The van der Waals surface area contributed by atoms with Crippen molar-refractivity contribution in [2.45, 2.75) is 57.4 Å². The molecule has 3 rings (SSSR count). The standard InChI is InChI=1S/C23H37N3O3/c1-3-4-6-12-23(13-7-5-8-20(23)21(27)29-2)26-18-17-25(22(26)28)16-11-19-9-14-24-15-10-19/h5,7-8,13,19-20,24H,3-4,6,9-12,14-18H2,1-2H3. The first-order valence-electron chi connectivity index (χ1n) is 11.3. The number of hydrogen-bond donors (Lipinski definition) is 1. The smallest absolute Gasteiger partial charge is 0.320 e. The van der Waals surface area contributed by atoms with Crippen molar-refractivity contribution in [3.05, 3.63) is 24.3 Å². The molecule has 2 fully saturated rings. The molecule has 0 aromatic carbocycles. The highest BCUT2D eigenvalue weighted by molar-refractivity contribution is 5.82. The molecular weight excluding hydrogens is 366 g/mol. The third kappa shape index (κ3) is 4.85. The van der Waals surface area contributed by atoms with E-state index >= 15 is 0 Å². The number of carbonyl (C=O) groups excluding carboxylic acids is 2. The van der Waals surface area contributed by atoms with Gasteiger partial charge in [0.25, 0.3) is 0 Å². The topological polar surface area (TPSA) is 61.9 Å². The lowest BCUT2D eigenvalue weighted by molar-refractivity contribution is -0.147. The highest BCUT2D eigenvalue weighted by Crippen LogP contribution is 2.39. The highest BCUT2D eigenvalue weighted by Gasteiger charge is 2.50. The molecule has 0 spiro atoms. The van der Waals surface area contributed by atoms with Crippen LogP contribution in [0.3, 0.4) is 0 Å². The number of nitrogens with one attached hydrogen (secondary N) is 1.